The molecular formula is C21H32N2O. The summed E-state index contributed by atoms with van der Waals surface area (Å²) in [7, 11) is 0. The molecule has 3 nitrogen and oxygen atoms in total. The first-order valence-corrected chi connectivity index (χ1v) is 9.63. The monoisotopic (exact) mass is 328 g/mol. The summed E-state index contributed by atoms with van der Waals surface area (Å²) >= 11 is 0. The molecule has 0 bridgehead atoms. The summed E-state index contributed by atoms with van der Waals surface area (Å²) in [5, 5.41) is 14.3. The minimum atomic E-state index is 0.245. The summed E-state index contributed by atoms with van der Waals surface area (Å²) in [4.78, 5) is 4.26. The number of benzene rings is 1. The van der Waals surface area contributed by atoms with Gasteiger partial charge in [-0.2, -0.15) is 0 Å². The molecule has 1 aromatic heterocycles. The fourth-order valence-electron chi connectivity index (χ4n) is 3.15. The smallest absolute Gasteiger partial charge is 0.141 e. The van der Waals surface area contributed by atoms with Crippen LogP contribution in [-0.2, 0) is 0 Å². The Labute approximate surface area is 146 Å². The Hall–Kier alpha value is -1.77. The fourth-order valence-corrected chi connectivity index (χ4v) is 3.15. The van der Waals surface area contributed by atoms with E-state index in [-0.39, 0.29) is 5.75 Å². The number of aromatic nitrogens is 1. The third kappa shape index (κ3) is 6.03. The van der Waals surface area contributed by atoms with Gasteiger partial charge < -0.3 is 10.4 Å². The number of rotatable bonds is 12. The van der Waals surface area contributed by atoms with Gasteiger partial charge in [0.25, 0.3) is 0 Å². The lowest BCUT2D eigenvalue weighted by Crippen LogP contribution is -2.02. The van der Waals surface area contributed by atoms with Crippen LogP contribution in [-0.4, -0.2) is 16.6 Å². The number of unbranched alkanes of at least 4 members (excludes halogenated alkanes) is 9. The molecule has 3 heteroatoms. The number of hydrogen-bond acceptors (Lipinski definition) is 3. The van der Waals surface area contributed by atoms with E-state index in [4.69, 9.17) is 0 Å². The van der Waals surface area contributed by atoms with Crippen LogP contribution in [0, 0.1) is 0 Å². The van der Waals surface area contributed by atoms with Gasteiger partial charge in [0.2, 0.25) is 0 Å². The van der Waals surface area contributed by atoms with Crippen LogP contribution in [0.4, 0.5) is 5.69 Å². The Kier molecular flexibility index (Phi) is 8.43. The van der Waals surface area contributed by atoms with Gasteiger partial charge in [-0.05, 0) is 18.6 Å². The Bertz CT molecular complexity index is 597. The number of hydrogen-bond donors (Lipinski definition) is 2. The van der Waals surface area contributed by atoms with E-state index in [1.807, 2.05) is 18.2 Å². The van der Waals surface area contributed by atoms with Gasteiger partial charge in [-0.1, -0.05) is 76.8 Å². The molecule has 0 aliphatic carbocycles. The average Bonchev–Trinajstić information content (AvgIpc) is 2.60. The minimum Gasteiger partial charge on any atom is -0.506 e. The van der Waals surface area contributed by atoms with Crippen molar-refractivity contribution in [2.45, 2.75) is 71.1 Å². The predicted octanol–water partition coefficient (Wildman–Crippen LogP) is 6.27. The highest BCUT2D eigenvalue weighted by Gasteiger charge is 2.04. The number of nitrogens with one attached hydrogen (secondary N) is 1. The van der Waals surface area contributed by atoms with Crippen molar-refractivity contribution in [3.63, 3.8) is 0 Å². The highest BCUT2D eigenvalue weighted by molar-refractivity contribution is 5.94. The molecule has 2 aromatic rings. The van der Waals surface area contributed by atoms with E-state index in [0.717, 1.165) is 17.6 Å². The van der Waals surface area contributed by atoms with Gasteiger partial charge in [-0.25, -0.2) is 0 Å². The van der Waals surface area contributed by atoms with Crippen molar-refractivity contribution in [1.82, 2.24) is 4.98 Å². The first-order valence-electron chi connectivity index (χ1n) is 9.63. The number of phenolic OH excluding ortho intramolecular Hbond substituents is 1. The minimum absolute atomic E-state index is 0.245. The molecule has 24 heavy (non-hydrogen) atoms. The maximum absolute atomic E-state index is 9.87. The van der Waals surface area contributed by atoms with Gasteiger partial charge in [-0.15, -0.1) is 0 Å². The van der Waals surface area contributed by atoms with E-state index in [0.29, 0.717) is 5.52 Å². The second kappa shape index (κ2) is 10.9. The van der Waals surface area contributed by atoms with Gasteiger partial charge in [0, 0.05) is 23.8 Å². The second-order valence-corrected chi connectivity index (χ2v) is 6.64. The van der Waals surface area contributed by atoms with Crippen molar-refractivity contribution >= 4 is 16.6 Å². The molecule has 2 N–H and O–H groups in total. The zero-order valence-electron chi connectivity index (χ0n) is 15.1. The number of para-hydroxylation sites is 1. The van der Waals surface area contributed by atoms with Crippen LogP contribution in [0.25, 0.3) is 10.9 Å². The lowest BCUT2D eigenvalue weighted by atomic mass is 10.1. The molecule has 0 unspecified atom stereocenters. The largest absolute Gasteiger partial charge is 0.506 e. The molecular weight excluding hydrogens is 296 g/mol. The van der Waals surface area contributed by atoms with Crippen LogP contribution in [0.5, 0.6) is 5.75 Å². The van der Waals surface area contributed by atoms with E-state index in [1.165, 1.54) is 64.2 Å². The van der Waals surface area contributed by atoms with E-state index >= 15 is 0 Å². The molecule has 0 amide bonds. The average molecular weight is 329 g/mol. The maximum Gasteiger partial charge on any atom is 0.141 e. The van der Waals surface area contributed by atoms with Crippen molar-refractivity contribution in [2.24, 2.45) is 0 Å². The van der Waals surface area contributed by atoms with Gasteiger partial charge >= 0.3 is 0 Å². The lowest BCUT2D eigenvalue weighted by Gasteiger charge is -2.10. The third-order valence-corrected chi connectivity index (χ3v) is 4.60. The first-order chi connectivity index (χ1) is 11.8. The van der Waals surface area contributed by atoms with Gasteiger partial charge in [0.15, 0.2) is 0 Å². The van der Waals surface area contributed by atoms with Crippen LogP contribution < -0.4 is 5.32 Å². The summed E-state index contributed by atoms with van der Waals surface area (Å²) in [6.45, 7) is 3.25. The predicted molar refractivity (Wildman–Crippen MR) is 104 cm³/mol. The quantitative estimate of drug-likeness (QED) is 0.451. The molecule has 0 saturated heterocycles. The molecule has 0 aliphatic rings. The summed E-state index contributed by atoms with van der Waals surface area (Å²) < 4.78 is 0. The van der Waals surface area contributed by atoms with E-state index in [9.17, 15) is 5.11 Å². The number of nitrogens with zero attached hydrogens (tertiary/aromatic N) is 1. The van der Waals surface area contributed by atoms with E-state index < -0.39 is 0 Å². The van der Waals surface area contributed by atoms with Crippen molar-refractivity contribution < 1.29 is 5.11 Å². The lowest BCUT2D eigenvalue weighted by molar-refractivity contribution is 0.480. The molecule has 0 saturated carbocycles. The van der Waals surface area contributed by atoms with Gasteiger partial charge in [-0.3, -0.25) is 4.98 Å². The maximum atomic E-state index is 9.87. The van der Waals surface area contributed by atoms with E-state index in [1.54, 1.807) is 12.3 Å². The normalized spacial score (nSPS) is 11.0. The summed E-state index contributed by atoms with van der Waals surface area (Å²) in [5.41, 5.74) is 1.73. The molecule has 1 heterocycles. The number of aromatic hydroxyl groups is 1. The van der Waals surface area contributed by atoms with Crippen LogP contribution >= 0.6 is 0 Å². The molecule has 2 rings (SSSR count). The molecule has 0 fully saturated rings. The van der Waals surface area contributed by atoms with E-state index in [2.05, 4.69) is 17.2 Å². The Balaban J connectivity index is 1.59. The standard InChI is InChI=1S/C21H32N2O/c1-2-3-4-5-6-7-8-9-10-11-16-22-19-15-17-23-21-18(19)13-12-14-20(21)24/h12-15,17,24H,2-11,16H2,1H3,(H,22,23). The van der Waals surface area contributed by atoms with Crippen LogP contribution in [0.1, 0.15) is 71.1 Å². The third-order valence-electron chi connectivity index (χ3n) is 4.60. The highest BCUT2D eigenvalue weighted by Crippen LogP contribution is 2.27. The van der Waals surface area contributed by atoms with Gasteiger partial charge in [0.1, 0.15) is 11.3 Å². The molecule has 132 valence electrons. The van der Waals surface area contributed by atoms with Crippen molar-refractivity contribution in [3.05, 3.63) is 30.5 Å². The zero-order chi connectivity index (χ0) is 17.0. The Morgan fingerprint density at radius 2 is 1.54 bits per heavy atom. The van der Waals surface area contributed by atoms with Crippen molar-refractivity contribution in [3.8, 4) is 5.75 Å². The topological polar surface area (TPSA) is 45.2 Å². The van der Waals surface area contributed by atoms with Crippen LogP contribution in [0.2, 0.25) is 0 Å². The SMILES string of the molecule is CCCCCCCCCCCCNc1ccnc2c(O)cccc12. The number of pyridine rings is 1. The Morgan fingerprint density at radius 1 is 0.875 bits per heavy atom. The van der Waals surface area contributed by atoms with Crippen molar-refractivity contribution in [2.75, 3.05) is 11.9 Å². The first kappa shape index (κ1) is 18.6. The summed E-state index contributed by atoms with van der Waals surface area (Å²) in [5.74, 6) is 0.245. The summed E-state index contributed by atoms with van der Waals surface area (Å²) in [6.07, 6.45) is 15.3. The number of phenols is 1. The number of fused-ring (bicyclic) bond motifs is 1. The molecule has 1 aromatic carbocycles. The fraction of sp³-hybridized carbons (Fsp3) is 0.571. The highest BCUT2D eigenvalue weighted by atomic mass is 16.3. The second-order valence-electron chi connectivity index (χ2n) is 6.64. The van der Waals surface area contributed by atoms with Crippen LogP contribution in [0.3, 0.4) is 0 Å². The van der Waals surface area contributed by atoms with Crippen LogP contribution in [0.15, 0.2) is 30.5 Å². The van der Waals surface area contributed by atoms with Crippen molar-refractivity contribution in [1.29, 1.82) is 0 Å². The zero-order valence-corrected chi connectivity index (χ0v) is 15.1. The molecule has 0 aliphatic heterocycles. The molecule has 0 radical (unpaired) electrons. The Morgan fingerprint density at radius 3 is 2.25 bits per heavy atom. The molecule has 0 atom stereocenters. The molecule has 0 spiro atoms. The number of anilines is 1. The summed E-state index contributed by atoms with van der Waals surface area (Å²) in [6, 6.07) is 7.54. The van der Waals surface area contributed by atoms with Gasteiger partial charge in [0.05, 0.1) is 0 Å².